The average Bonchev–Trinajstić information content (AvgIpc) is 2.11. The molecule has 1 aliphatic rings. The molecule has 0 aromatic heterocycles. The van der Waals surface area contributed by atoms with Gasteiger partial charge in [0, 0.05) is 0 Å². The van der Waals surface area contributed by atoms with E-state index in [9.17, 15) is 0 Å². The van der Waals surface area contributed by atoms with E-state index in [4.69, 9.17) is 0 Å². The van der Waals surface area contributed by atoms with Gasteiger partial charge in [-0.3, -0.25) is 0 Å². The summed E-state index contributed by atoms with van der Waals surface area (Å²) in [6.45, 7) is 0. The lowest BCUT2D eigenvalue weighted by Crippen LogP contribution is -2.10. The Bertz CT molecular complexity index is 233. The molecule has 0 amide bonds. The maximum absolute atomic E-state index is 3.28. The van der Waals surface area contributed by atoms with E-state index in [1.165, 1.54) is 44.1 Å². The average molecular weight is 173 g/mol. The highest BCUT2D eigenvalue weighted by atomic mass is 14.2. The second-order valence-corrected chi connectivity index (χ2v) is 4.08. The van der Waals surface area contributed by atoms with Gasteiger partial charge in [-0.25, -0.2) is 0 Å². The quantitative estimate of drug-likeness (QED) is 0.652. The highest BCUT2D eigenvalue weighted by Crippen LogP contribution is 2.30. The summed E-state index contributed by atoms with van der Waals surface area (Å²) in [6, 6.07) is 11.6. The minimum absolute atomic E-state index is 1.06. The van der Waals surface area contributed by atoms with Crippen molar-refractivity contribution >= 4 is 0 Å². The second-order valence-electron chi connectivity index (χ2n) is 4.08. The molecule has 0 bridgehead atoms. The molecular weight excluding hydrogens is 156 g/mol. The van der Waals surface area contributed by atoms with Crippen LogP contribution in [0.15, 0.2) is 24.3 Å². The van der Waals surface area contributed by atoms with E-state index < -0.39 is 0 Å². The van der Waals surface area contributed by atoms with Crippen molar-refractivity contribution in [3.8, 4) is 0 Å². The fourth-order valence-electron chi connectivity index (χ4n) is 1.95. The molecule has 13 heavy (non-hydrogen) atoms. The van der Waals surface area contributed by atoms with E-state index in [1.807, 2.05) is 12.1 Å². The molecule has 1 fully saturated rings. The first-order valence-electron chi connectivity index (χ1n) is 5.41. The zero-order valence-electron chi connectivity index (χ0n) is 8.13. The molecule has 1 aliphatic carbocycles. The van der Waals surface area contributed by atoms with Crippen molar-refractivity contribution in [1.29, 1.82) is 0 Å². The van der Waals surface area contributed by atoms with Crippen molar-refractivity contribution in [3.05, 3.63) is 35.9 Å². The summed E-state index contributed by atoms with van der Waals surface area (Å²) in [5, 5.41) is 0. The molecule has 0 N–H and O–H groups in total. The van der Waals surface area contributed by atoms with Crippen LogP contribution in [-0.4, -0.2) is 0 Å². The van der Waals surface area contributed by atoms with Crippen LogP contribution in [0.5, 0.6) is 0 Å². The van der Waals surface area contributed by atoms with Gasteiger partial charge in [0.25, 0.3) is 0 Å². The van der Waals surface area contributed by atoms with Crippen LogP contribution in [0, 0.1) is 12.0 Å². The Hall–Kier alpha value is -0.780. The number of hydrogen-bond acceptors (Lipinski definition) is 0. The smallest absolute Gasteiger partial charge is 0.0149 e. The van der Waals surface area contributed by atoms with E-state index in [-0.39, 0.29) is 0 Å². The van der Waals surface area contributed by atoms with Crippen LogP contribution < -0.4 is 0 Å². The molecule has 1 radical (unpaired) electrons. The molecule has 0 aliphatic heterocycles. The minimum atomic E-state index is 1.06. The maximum atomic E-state index is 3.28. The fourth-order valence-corrected chi connectivity index (χ4v) is 1.95. The van der Waals surface area contributed by atoms with Crippen LogP contribution in [0.3, 0.4) is 0 Å². The monoisotopic (exact) mass is 173 g/mol. The molecule has 69 valence electrons. The third kappa shape index (κ3) is 2.58. The normalized spacial score (nSPS) is 16.9. The molecular formula is C13H17. The Morgan fingerprint density at radius 2 is 2.23 bits per heavy atom. The number of rotatable bonds is 4. The highest BCUT2D eigenvalue weighted by molar-refractivity contribution is 5.12. The first kappa shape index (κ1) is 8.80. The zero-order valence-corrected chi connectivity index (χ0v) is 8.13. The lowest BCUT2D eigenvalue weighted by atomic mass is 9.81. The van der Waals surface area contributed by atoms with E-state index in [0.29, 0.717) is 0 Å². The summed E-state index contributed by atoms with van der Waals surface area (Å²) >= 11 is 0. The van der Waals surface area contributed by atoms with Gasteiger partial charge < -0.3 is 0 Å². The number of aryl methyl sites for hydroxylation is 1. The van der Waals surface area contributed by atoms with Gasteiger partial charge in [0.15, 0.2) is 0 Å². The predicted molar refractivity (Wildman–Crippen MR) is 55.6 cm³/mol. The van der Waals surface area contributed by atoms with Crippen molar-refractivity contribution in [2.24, 2.45) is 5.92 Å². The van der Waals surface area contributed by atoms with E-state index in [1.54, 1.807) is 0 Å². The third-order valence-corrected chi connectivity index (χ3v) is 3.06. The van der Waals surface area contributed by atoms with Gasteiger partial charge in [0.05, 0.1) is 0 Å². The van der Waals surface area contributed by atoms with Gasteiger partial charge in [0.1, 0.15) is 0 Å². The Kier molecular flexibility index (Phi) is 3.02. The standard InChI is InChI=1S/C13H17/c1-2-6-12(7-3-1)8-4-9-13-10-5-11-13/h1-3,6,13H,4-5,8-11H2. The molecule has 1 saturated carbocycles. The summed E-state index contributed by atoms with van der Waals surface area (Å²) in [4.78, 5) is 0. The molecule has 0 spiro atoms. The number of benzene rings is 1. The summed E-state index contributed by atoms with van der Waals surface area (Å²) in [7, 11) is 0. The zero-order chi connectivity index (χ0) is 8.93. The molecule has 0 saturated heterocycles. The van der Waals surface area contributed by atoms with Gasteiger partial charge in [-0.15, -0.1) is 0 Å². The van der Waals surface area contributed by atoms with Crippen LogP contribution in [0.2, 0.25) is 0 Å². The van der Waals surface area contributed by atoms with E-state index >= 15 is 0 Å². The Labute approximate surface area is 81.0 Å². The molecule has 0 heterocycles. The molecule has 2 rings (SSSR count). The van der Waals surface area contributed by atoms with Gasteiger partial charge >= 0.3 is 0 Å². The van der Waals surface area contributed by atoms with Crippen molar-refractivity contribution in [2.75, 3.05) is 0 Å². The van der Waals surface area contributed by atoms with Crippen molar-refractivity contribution in [1.82, 2.24) is 0 Å². The van der Waals surface area contributed by atoms with Gasteiger partial charge in [-0.05, 0) is 30.4 Å². The SMILES string of the molecule is [c]1ccccc1CCCC1CCC1. The Morgan fingerprint density at radius 1 is 1.31 bits per heavy atom. The highest BCUT2D eigenvalue weighted by Gasteiger charge is 2.16. The fraction of sp³-hybridized carbons (Fsp3) is 0.538. The second kappa shape index (κ2) is 4.45. The van der Waals surface area contributed by atoms with Gasteiger partial charge in [0.2, 0.25) is 0 Å². The van der Waals surface area contributed by atoms with Gasteiger partial charge in [-0.2, -0.15) is 0 Å². The van der Waals surface area contributed by atoms with Crippen LogP contribution in [0.25, 0.3) is 0 Å². The summed E-state index contributed by atoms with van der Waals surface area (Å²) < 4.78 is 0. The lowest BCUT2D eigenvalue weighted by molar-refractivity contribution is 0.290. The molecule has 0 nitrogen and oxygen atoms in total. The van der Waals surface area contributed by atoms with Crippen molar-refractivity contribution in [2.45, 2.75) is 38.5 Å². The molecule has 0 atom stereocenters. The van der Waals surface area contributed by atoms with Crippen molar-refractivity contribution < 1.29 is 0 Å². The van der Waals surface area contributed by atoms with Crippen LogP contribution in [-0.2, 0) is 6.42 Å². The number of hydrogen-bond donors (Lipinski definition) is 0. The van der Waals surface area contributed by atoms with E-state index in [2.05, 4.69) is 18.2 Å². The molecule has 0 heteroatoms. The first-order chi connectivity index (χ1) is 6.45. The summed E-state index contributed by atoms with van der Waals surface area (Å²) in [5.41, 5.74) is 1.38. The molecule has 1 aromatic rings. The largest absolute Gasteiger partial charge is 0.0620 e. The summed E-state index contributed by atoms with van der Waals surface area (Å²) in [5.74, 6) is 1.06. The summed E-state index contributed by atoms with van der Waals surface area (Å²) in [6.07, 6.45) is 8.45. The van der Waals surface area contributed by atoms with Gasteiger partial charge in [-0.1, -0.05) is 49.9 Å². The van der Waals surface area contributed by atoms with E-state index in [0.717, 1.165) is 5.92 Å². The minimum Gasteiger partial charge on any atom is -0.0620 e. The maximum Gasteiger partial charge on any atom is -0.0149 e. The Morgan fingerprint density at radius 3 is 2.85 bits per heavy atom. The van der Waals surface area contributed by atoms with Crippen molar-refractivity contribution in [3.63, 3.8) is 0 Å². The molecule has 0 unspecified atom stereocenters. The topological polar surface area (TPSA) is 0 Å². The predicted octanol–water partition coefficient (Wildman–Crippen LogP) is 3.61. The third-order valence-electron chi connectivity index (χ3n) is 3.06. The van der Waals surface area contributed by atoms with Crippen LogP contribution in [0.4, 0.5) is 0 Å². The van der Waals surface area contributed by atoms with Crippen LogP contribution >= 0.6 is 0 Å². The van der Waals surface area contributed by atoms with Crippen LogP contribution in [0.1, 0.15) is 37.7 Å². The Balaban J connectivity index is 1.67. The molecule has 1 aromatic carbocycles. The first-order valence-corrected chi connectivity index (χ1v) is 5.41. The lowest BCUT2D eigenvalue weighted by Gasteiger charge is -2.24.